The molecular formula is C30H22N2O6S2. The summed E-state index contributed by atoms with van der Waals surface area (Å²) in [5, 5.41) is 2.50. The predicted octanol–water partition coefficient (Wildman–Crippen LogP) is 5.22. The number of anilines is 1. The fourth-order valence-electron chi connectivity index (χ4n) is 3.92. The summed E-state index contributed by atoms with van der Waals surface area (Å²) in [5.41, 5.74) is 1.41. The summed E-state index contributed by atoms with van der Waals surface area (Å²) in [6.45, 7) is 0. The first kappa shape index (κ1) is 26.8. The number of ether oxygens (including phenoxy) is 1. The molecule has 0 atom stereocenters. The van der Waals surface area contributed by atoms with E-state index in [9.17, 15) is 18.0 Å². The van der Waals surface area contributed by atoms with Gasteiger partial charge in [-0.05, 0) is 78.0 Å². The van der Waals surface area contributed by atoms with Crippen molar-refractivity contribution < 1.29 is 26.9 Å². The number of thiocarbonyl (C=S) groups is 1. The van der Waals surface area contributed by atoms with E-state index in [4.69, 9.17) is 21.1 Å². The highest BCUT2D eigenvalue weighted by Crippen LogP contribution is 2.27. The SMILES string of the molecule is O=C1NC(=S)N(c2ccc(Oc3ccccc3)cc2)C(=O)C1=Cc1ccc(OS(=O)(=O)Cc2ccccc2)cc1. The molecule has 5 rings (SSSR count). The van der Waals surface area contributed by atoms with Gasteiger partial charge in [0.15, 0.2) is 5.11 Å². The van der Waals surface area contributed by atoms with Crippen molar-refractivity contribution >= 4 is 51.0 Å². The zero-order chi connectivity index (χ0) is 28.1. The number of carbonyl (C=O) groups is 2. The molecule has 1 fully saturated rings. The molecule has 0 aromatic heterocycles. The Balaban J connectivity index is 1.30. The number of rotatable bonds is 8. The molecule has 4 aromatic rings. The lowest BCUT2D eigenvalue weighted by atomic mass is 10.1. The van der Waals surface area contributed by atoms with Gasteiger partial charge in [-0.25, -0.2) is 0 Å². The molecule has 0 radical (unpaired) electrons. The van der Waals surface area contributed by atoms with Crippen molar-refractivity contribution in [2.45, 2.75) is 5.75 Å². The molecule has 0 bridgehead atoms. The van der Waals surface area contributed by atoms with Gasteiger partial charge in [-0.15, -0.1) is 0 Å². The number of para-hydroxylation sites is 1. The number of hydrogen-bond donors (Lipinski definition) is 1. The summed E-state index contributed by atoms with van der Waals surface area (Å²) in [7, 11) is -3.87. The zero-order valence-corrected chi connectivity index (χ0v) is 22.5. The Kier molecular flexibility index (Phi) is 7.72. The van der Waals surface area contributed by atoms with E-state index in [1.807, 2.05) is 30.3 Å². The normalized spacial score (nSPS) is 14.7. The van der Waals surface area contributed by atoms with Gasteiger partial charge in [-0.3, -0.25) is 19.8 Å². The Hall–Kier alpha value is -4.80. The molecule has 8 nitrogen and oxygen atoms in total. The molecule has 200 valence electrons. The minimum Gasteiger partial charge on any atom is -0.457 e. The van der Waals surface area contributed by atoms with Crippen LogP contribution >= 0.6 is 12.2 Å². The van der Waals surface area contributed by atoms with E-state index in [-0.39, 0.29) is 22.2 Å². The lowest BCUT2D eigenvalue weighted by Crippen LogP contribution is -2.54. The number of benzene rings is 4. The summed E-state index contributed by atoms with van der Waals surface area (Å²) in [5.74, 6) is -0.167. The van der Waals surface area contributed by atoms with Crippen molar-refractivity contribution in [2.75, 3.05) is 4.90 Å². The Morgan fingerprint density at radius 2 is 1.32 bits per heavy atom. The van der Waals surface area contributed by atoms with E-state index in [1.54, 1.807) is 66.7 Å². The van der Waals surface area contributed by atoms with Crippen molar-refractivity contribution in [3.8, 4) is 17.2 Å². The van der Waals surface area contributed by atoms with Gasteiger partial charge in [0.25, 0.3) is 11.8 Å². The van der Waals surface area contributed by atoms with Gasteiger partial charge >= 0.3 is 10.1 Å². The first-order valence-corrected chi connectivity index (χ1v) is 14.1. The van der Waals surface area contributed by atoms with Crippen molar-refractivity contribution in [2.24, 2.45) is 0 Å². The molecule has 0 aliphatic carbocycles. The Labute approximate surface area is 236 Å². The minimum atomic E-state index is -3.87. The fourth-order valence-corrected chi connectivity index (χ4v) is 5.27. The maximum absolute atomic E-state index is 13.3. The molecule has 10 heteroatoms. The highest BCUT2D eigenvalue weighted by Gasteiger charge is 2.34. The molecule has 1 aliphatic heterocycles. The van der Waals surface area contributed by atoms with Crippen LogP contribution in [0.2, 0.25) is 0 Å². The molecule has 1 N–H and O–H groups in total. The van der Waals surface area contributed by atoms with Crippen LogP contribution in [-0.2, 0) is 25.5 Å². The van der Waals surface area contributed by atoms with Crippen LogP contribution in [0.25, 0.3) is 6.08 Å². The molecule has 0 saturated carbocycles. The number of amides is 2. The Morgan fingerprint density at radius 1 is 0.750 bits per heavy atom. The second-order valence-corrected chi connectivity index (χ2v) is 10.7. The summed E-state index contributed by atoms with van der Waals surface area (Å²) >= 11 is 5.27. The van der Waals surface area contributed by atoms with Crippen LogP contribution in [0.1, 0.15) is 11.1 Å². The Bertz CT molecular complexity index is 1690. The summed E-state index contributed by atoms with van der Waals surface area (Å²) in [6.07, 6.45) is 1.40. The van der Waals surface area contributed by atoms with Crippen LogP contribution in [0.15, 0.2) is 115 Å². The molecular weight excluding hydrogens is 548 g/mol. The van der Waals surface area contributed by atoms with Crippen LogP contribution in [-0.4, -0.2) is 25.3 Å². The van der Waals surface area contributed by atoms with Crippen molar-refractivity contribution in [3.05, 3.63) is 126 Å². The average Bonchev–Trinajstić information content (AvgIpc) is 2.93. The number of nitrogens with zero attached hydrogens (tertiary/aromatic N) is 1. The first-order chi connectivity index (χ1) is 19.3. The van der Waals surface area contributed by atoms with Crippen LogP contribution in [0, 0.1) is 0 Å². The largest absolute Gasteiger partial charge is 0.457 e. The highest BCUT2D eigenvalue weighted by atomic mass is 32.2. The van der Waals surface area contributed by atoms with Gasteiger partial charge in [-0.2, -0.15) is 8.42 Å². The molecule has 2 amide bonds. The van der Waals surface area contributed by atoms with E-state index in [0.29, 0.717) is 28.3 Å². The standard InChI is InChI=1S/C30H22N2O6S2/c33-28-27(19-21-11-15-26(16-12-21)38-40(35,36)20-22-7-3-1-4-8-22)29(34)32(30(39)31-28)23-13-17-25(18-14-23)37-24-9-5-2-6-10-24/h1-19H,20H2,(H,31,33,39). The minimum absolute atomic E-state index is 0.0451. The van der Waals surface area contributed by atoms with Crippen LogP contribution < -0.4 is 19.1 Å². The maximum atomic E-state index is 13.3. The number of hydrogen-bond acceptors (Lipinski definition) is 7. The average molecular weight is 571 g/mol. The molecule has 1 heterocycles. The van der Waals surface area contributed by atoms with Gasteiger partial charge in [-0.1, -0.05) is 60.7 Å². The van der Waals surface area contributed by atoms with E-state index < -0.39 is 21.9 Å². The van der Waals surface area contributed by atoms with Crippen LogP contribution in [0.5, 0.6) is 17.2 Å². The van der Waals surface area contributed by atoms with Crippen molar-refractivity contribution in [1.82, 2.24) is 5.32 Å². The maximum Gasteiger partial charge on any atom is 0.313 e. The topological polar surface area (TPSA) is 102 Å². The molecule has 4 aromatic carbocycles. The number of carbonyl (C=O) groups excluding carboxylic acids is 2. The lowest BCUT2D eigenvalue weighted by molar-refractivity contribution is -0.122. The van der Waals surface area contributed by atoms with Gasteiger partial charge in [0, 0.05) is 0 Å². The molecule has 1 saturated heterocycles. The van der Waals surface area contributed by atoms with E-state index in [2.05, 4.69) is 5.32 Å². The predicted molar refractivity (Wildman–Crippen MR) is 155 cm³/mol. The summed E-state index contributed by atoms with van der Waals surface area (Å²) in [4.78, 5) is 27.2. The zero-order valence-electron chi connectivity index (χ0n) is 20.9. The quantitative estimate of drug-likeness (QED) is 0.134. The Morgan fingerprint density at radius 3 is 1.98 bits per heavy atom. The van der Waals surface area contributed by atoms with Crippen molar-refractivity contribution in [3.63, 3.8) is 0 Å². The third-order valence-electron chi connectivity index (χ3n) is 5.78. The van der Waals surface area contributed by atoms with E-state index in [1.165, 1.54) is 23.1 Å². The summed E-state index contributed by atoms with van der Waals surface area (Å²) in [6, 6.07) is 30.7. The second-order valence-electron chi connectivity index (χ2n) is 8.71. The molecule has 0 unspecified atom stereocenters. The molecule has 40 heavy (non-hydrogen) atoms. The second kappa shape index (κ2) is 11.5. The molecule has 0 spiro atoms. The monoisotopic (exact) mass is 570 g/mol. The van der Waals surface area contributed by atoms with Crippen LogP contribution in [0.4, 0.5) is 5.69 Å². The molecule has 1 aliphatic rings. The summed E-state index contributed by atoms with van der Waals surface area (Å²) < 4.78 is 35.8. The van der Waals surface area contributed by atoms with E-state index in [0.717, 1.165) is 0 Å². The van der Waals surface area contributed by atoms with Crippen molar-refractivity contribution in [1.29, 1.82) is 0 Å². The third kappa shape index (κ3) is 6.42. The fraction of sp³-hybridized carbons (Fsp3) is 0.0333. The highest BCUT2D eigenvalue weighted by molar-refractivity contribution is 7.86. The lowest BCUT2D eigenvalue weighted by Gasteiger charge is -2.29. The van der Waals surface area contributed by atoms with E-state index >= 15 is 0 Å². The van der Waals surface area contributed by atoms with Gasteiger partial charge < -0.3 is 8.92 Å². The first-order valence-electron chi connectivity index (χ1n) is 12.1. The van der Waals surface area contributed by atoms with Gasteiger partial charge in [0.05, 0.1) is 5.69 Å². The van der Waals surface area contributed by atoms with Crippen LogP contribution in [0.3, 0.4) is 0 Å². The van der Waals surface area contributed by atoms with Gasteiger partial charge in [0.1, 0.15) is 28.6 Å². The third-order valence-corrected chi connectivity index (χ3v) is 7.19. The smallest absolute Gasteiger partial charge is 0.313 e. The number of nitrogens with one attached hydrogen (secondary N) is 1. The van der Waals surface area contributed by atoms with Gasteiger partial charge in [0.2, 0.25) is 0 Å².